The number of aromatic hydroxyl groups is 4. The van der Waals surface area contributed by atoms with E-state index in [2.05, 4.69) is 27.5 Å². The Labute approximate surface area is 173 Å². The van der Waals surface area contributed by atoms with Crippen molar-refractivity contribution in [2.75, 3.05) is 26.4 Å². The Balaban J connectivity index is 1.60. The van der Waals surface area contributed by atoms with Gasteiger partial charge in [-0.1, -0.05) is 0 Å². The van der Waals surface area contributed by atoms with Crippen molar-refractivity contribution < 1.29 is 65.9 Å². The maximum absolute atomic E-state index is 11.5. The number of hydrogen-bond acceptors (Lipinski definition) is 14. The SMILES string of the molecule is O=C(OCCOS(=O)(=O)OCCOC(=O)On1c(O)ccc1O)On1c(O)ccc1O. The van der Waals surface area contributed by atoms with E-state index in [1.165, 1.54) is 0 Å². The summed E-state index contributed by atoms with van der Waals surface area (Å²) in [6, 6.07) is 4.14. The molecule has 0 unspecified atom stereocenters. The van der Waals surface area contributed by atoms with Gasteiger partial charge in [-0.05, 0) is 0 Å². The molecule has 0 atom stereocenters. The van der Waals surface area contributed by atoms with E-state index in [1.807, 2.05) is 0 Å². The highest BCUT2D eigenvalue weighted by Gasteiger charge is 2.17. The molecular formula is C14H16N2O14S. The van der Waals surface area contributed by atoms with E-state index in [1.54, 1.807) is 0 Å². The Morgan fingerprint density at radius 3 is 1.32 bits per heavy atom. The molecule has 4 N–H and O–H groups in total. The van der Waals surface area contributed by atoms with Crippen LogP contribution in [0.1, 0.15) is 0 Å². The molecule has 0 spiro atoms. The van der Waals surface area contributed by atoms with Crippen LogP contribution in [0.2, 0.25) is 0 Å². The Morgan fingerprint density at radius 2 is 1.00 bits per heavy atom. The number of hydrogen-bond donors (Lipinski definition) is 4. The first kappa shape index (κ1) is 23.4. The zero-order valence-corrected chi connectivity index (χ0v) is 16.1. The highest BCUT2D eigenvalue weighted by molar-refractivity contribution is 7.81. The normalized spacial score (nSPS) is 11.1. The van der Waals surface area contributed by atoms with Crippen molar-refractivity contribution >= 4 is 22.7 Å². The van der Waals surface area contributed by atoms with Crippen LogP contribution in [-0.4, -0.2) is 77.0 Å². The summed E-state index contributed by atoms with van der Waals surface area (Å²) in [4.78, 5) is 31.6. The minimum absolute atomic E-state index is 0.354. The molecule has 0 fully saturated rings. The quantitative estimate of drug-likeness (QED) is 0.249. The number of nitrogens with zero attached hydrogens (tertiary/aromatic N) is 2. The third-order valence-corrected chi connectivity index (χ3v) is 3.90. The van der Waals surface area contributed by atoms with E-state index in [4.69, 9.17) is 0 Å². The van der Waals surface area contributed by atoms with E-state index in [9.17, 15) is 38.4 Å². The van der Waals surface area contributed by atoms with Crippen LogP contribution in [-0.2, 0) is 28.2 Å². The molecule has 16 nitrogen and oxygen atoms in total. The molecule has 0 bridgehead atoms. The molecule has 172 valence electrons. The summed E-state index contributed by atoms with van der Waals surface area (Å²) < 4.78 is 41.3. The van der Waals surface area contributed by atoms with Crippen LogP contribution in [0.5, 0.6) is 23.5 Å². The molecule has 2 heterocycles. The standard InChI is InChI=1S/C14H16N2O14S/c17-9-1-2-10(18)15(9)29-13(21)25-5-7-27-31(23,24)28-8-6-26-14(22)30-16-11(19)3-4-12(16)20/h1-4,17-20H,5-8H2. The molecule has 2 aromatic heterocycles. The summed E-state index contributed by atoms with van der Waals surface area (Å²) in [6.07, 6.45) is -2.76. The Bertz CT molecular complexity index is 897. The lowest BCUT2D eigenvalue weighted by Gasteiger charge is -2.09. The summed E-state index contributed by atoms with van der Waals surface area (Å²) in [5.74, 6) is -2.35. The second kappa shape index (κ2) is 10.3. The summed E-state index contributed by atoms with van der Waals surface area (Å²) in [6.45, 7) is -2.54. The van der Waals surface area contributed by atoms with Crippen molar-refractivity contribution in [2.45, 2.75) is 0 Å². The molecule has 0 aliphatic rings. The molecule has 2 rings (SSSR count). The molecule has 0 aliphatic carbocycles. The zero-order chi connectivity index (χ0) is 23.0. The minimum Gasteiger partial charge on any atom is -0.492 e. The van der Waals surface area contributed by atoms with E-state index in [-0.39, 0.29) is 0 Å². The van der Waals surface area contributed by atoms with Crippen LogP contribution in [0.4, 0.5) is 9.59 Å². The molecule has 31 heavy (non-hydrogen) atoms. The van der Waals surface area contributed by atoms with Crippen molar-refractivity contribution in [3.63, 3.8) is 0 Å². The molecule has 0 amide bonds. The molecule has 0 radical (unpaired) electrons. The van der Waals surface area contributed by atoms with Gasteiger partial charge in [0, 0.05) is 24.3 Å². The van der Waals surface area contributed by atoms with Gasteiger partial charge in [-0.15, -0.1) is 9.46 Å². The maximum atomic E-state index is 11.5. The monoisotopic (exact) mass is 468 g/mol. The lowest BCUT2D eigenvalue weighted by atomic mass is 10.6. The van der Waals surface area contributed by atoms with Crippen LogP contribution >= 0.6 is 0 Å². The summed E-state index contributed by atoms with van der Waals surface area (Å²) in [5, 5.41) is 37.1. The van der Waals surface area contributed by atoms with Crippen molar-refractivity contribution in [2.24, 2.45) is 0 Å². The number of ether oxygens (including phenoxy) is 2. The highest BCUT2D eigenvalue weighted by Crippen LogP contribution is 2.19. The van der Waals surface area contributed by atoms with Crippen molar-refractivity contribution in [1.29, 1.82) is 0 Å². The maximum Gasteiger partial charge on any atom is 0.534 e. The van der Waals surface area contributed by atoms with Gasteiger partial charge in [-0.3, -0.25) is 9.68 Å². The Kier molecular flexibility index (Phi) is 7.77. The smallest absolute Gasteiger partial charge is 0.492 e. The molecule has 0 aliphatic heterocycles. The van der Waals surface area contributed by atoms with Gasteiger partial charge in [0.1, 0.15) is 26.4 Å². The van der Waals surface area contributed by atoms with Gasteiger partial charge in [-0.25, -0.2) is 18.0 Å². The summed E-state index contributed by atoms with van der Waals surface area (Å²) in [7, 11) is -4.54. The van der Waals surface area contributed by atoms with Crippen molar-refractivity contribution in [3.05, 3.63) is 24.3 Å². The van der Waals surface area contributed by atoms with Crippen LogP contribution in [0.25, 0.3) is 0 Å². The number of rotatable bonds is 10. The van der Waals surface area contributed by atoms with Gasteiger partial charge >= 0.3 is 22.7 Å². The fourth-order valence-corrected chi connectivity index (χ4v) is 2.36. The third-order valence-electron chi connectivity index (χ3n) is 2.99. The minimum atomic E-state index is -4.54. The number of aromatic nitrogens is 2. The molecule has 17 heteroatoms. The number of carbonyl (C=O) groups excluding carboxylic acids is 2. The van der Waals surface area contributed by atoms with Gasteiger partial charge in [-0.2, -0.15) is 8.42 Å². The van der Waals surface area contributed by atoms with Gasteiger partial charge in [0.15, 0.2) is 0 Å². The van der Waals surface area contributed by atoms with Gasteiger partial charge < -0.3 is 29.9 Å². The fourth-order valence-electron chi connectivity index (χ4n) is 1.75. The van der Waals surface area contributed by atoms with Crippen LogP contribution in [0.15, 0.2) is 24.3 Å². The van der Waals surface area contributed by atoms with Gasteiger partial charge in [0.25, 0.3) is 0 Å². The molecule has 0 aromatic carbocycles. The van der Waals surface area contributed by atoms with E-state index < -0.39 is 72.7 Å². The number of carbonyl (C=O) groups is 2. The van der Waals surface area contributed by atoms with E-state index >= 15 is 0 Å². The lowest BCUT2D eigenvalue weighted by molar-refractivity contribution is 0.0239. The topological polar surface area (TPSA) is 214 Å². The molecule has 0 saturated heterocycles. The van der Waals surface area contributed by atoms with Crippen LogP contribution in [0.3, 0.4) is 0 Å². The van der Waals surface area contributed by atoms with Gasteiger partial charge in [0.2, 0.25) is 23.5 Å². The summed E-state index contributed by atoms with van der Waals surface area (Å²) in [5.41, 5.74) is 0. The first-order valence-electron chi connectivity index (χ1n) is 8.02. The predicted octanol–water partition coefficient (Wildman–Crippen LogP) is -0.779. The largest absolute Gasteiger partial charge is 0.534 e. The van der Waals surface area contributed by atoms with Crippen molar-refractivity contribution in [3.8, 4) is 23.5 Å². The molecule has 2 aromatic rings. The fraction of sp³-hybridized carbons (Fsp3) is 0.286. The van der Waals surface area contributed by atoms with Crippen LogP contribution in [0, 0.1) is 0 Å². The summed E-state index contributed by atoms with van der Waals surface area (Å²) >= 11 is 0. The second-order valence-corrected chi connectivity index (χ2v) is 6.41. The van der Waals surface area contributed by atoms with E-state index in [0.717, 1.165) is 24.3 Å². The Hall–Kier alpha value is -3.83. The van der Waals surface area contributed by atoms with Crippen molar-refractivity contribution in [1.82, 2.24) is 9.46 Å². The first-order chi connectivity index (χ1) is 14.6. The van der Waals surface area contributed by atoms with E-state index in [0.29, 0.717) is 9.46 Å². The first-order valence-corrected chi connectivity index (χ1v) is 9.35. The zero-order valence-electron chi connectivity index (χ0n) is 15.3. The molecular weight excluding hydrogens is 452 g/mol. The second-order valence-electron chi connectivity index (χ2n) is 5.12. The Morgan fingerprint density at radius 1 is 0.677 bits per heavy atom. The predicted molar refractivity (Wildman–Crippen MR) is 92.2 cm³/mol. The van der Waals surface area contributed by atoms with Gasteiger partial charge in [0.05, 0.1) is 0 Å². The van der Waals surface area contributed by atoms with Crippen LogP contribution < -0.4 is 9.68 Å². The average Bonchev–Trinajstić information content (AvgIpc) is 3.19. The third kappa shape index (κ3) is 7.17. The molecule has 0 saturated carbocycles. The highest BCUT2D eigenvalue weighted by atomic mass is 32.3. The average molecular weight is 468 g/mol. The lowest BCUT2D eigenvalue weighted by Crippen LogP contribution is -2.24.